The minimum atomic E-state index is -0.0232. The van der Waals surface area contributed by atoms with E-state index in [0.29, 0.717) is 25.0 Å². The largest absolute Gasteiger partial charge is 0.467 e. The van der Waals surface area contributed by atoms with Crippen molar-refractivity contribution in [2.24, 2.45) is 0 Å². The lowest BCUT2D eigenvalue weighted by molar-refractivity contribution is -0.134. The fourth-order valence-corrected chi connectivity index (χ4v) is 3.13. The third-order valence-electron chi connectivity index (χ3n) is 4.51. The molecular weight excluding hydrogens is 320 g/mol. The van der Waals surface area contributed by atoms with E-state index in [4.69, 9.17) is 4.74 Å². The van der Waals surface area contributed by atoms with Crippen molar-refractivity contribution in [2.45, 2.75) is 18.9 Å². The highest BCUT2D eigenvalue weighted by Gasteiger charge is 2.24. The Morgan fingerprint density at radius 3 is 2.68 bits per heavy atom. The van der Waals surface area contributed by atoms with Crippen LogP contribution in [0.25, 0.3) is 10.9 Å². The summed E-state index contributed by atoms with van der Waals surface area (Å²) in [5.74, 6) is 0.420. The number of nitrogens with zero attached hydrogens (tertiary/aromatic N) is 6. The van der Waals surface area contributed by atoms with Gasteiger partial charge in [0.05, 0.1) is 10.9 Å². The van der Waals surface area contributed by atoms with E-state index in [0.717, 1.165) is 23.7 Å². The lowest BCUT2D eigenvalue weighted by Crippen LogP contribution is -2.41. The standard InChI is InChI=1S/C17H18N6O2/c24-16(22-7-5-13(6-8-22)23-11-20-21-12-23)9-25-17-14-3-1-2-4-15(14)18-10-19-17/h1-4,10-13H,5-9H2. The number of likely N-dealkylation sites (tertiary alicyclic amines) is 1. The van der Waals surface area contributed by atoms with Gasteiger partial charge in [-0.2, -0.15) is 0 Å². The number of hydrogen-bond acceptors (Lipinski definition) is 6. The van der Waals surface area contributed by atoms with E-state index in [-0.39, 0.29) is 12.5 Å². The predicted octanol–water partition coefficient (Wildman–Crippen LogP) is 1.46. The first-order valence-electron chi connectivity index (χ1n) is 8.25. The first-order chi connectivity index (χ1) is 12.3. The van der Waals surface area contributed by atoms with Gasteiger partial charge in [-0.1, -0.05) is 12.1 Å². The second kappa shape index (κ2) is 6.84. The summed E-state index contributed by atoms with van der Waals surface area (Å²) >= 11 is 0. The van der Waals surface area contributed by atoms with Gasteiger partial charge in [0.25, 0.3) is 5.91 Å². The second-order valence-corrected chi connectivity index (χ2v) is 6.01. The van der Waals surface area contributed by atoms with E-state index >= 15 is 0 Å². The number of hydrogen-bond donors (Lipinski definition) is 0. The molecule has 0 radical (unpaired) electrons. The van der Waals surface area contributed by atoms with Crippen LogP contribution >= 0.6 is 0 Å². The predicted molar refractivity (Wildman–Crippen MR) is 89.9 cm³/mol. The van der Waals surface area contributed by atoms with E-state index in [1.54, 1.807) is 12.7 Å². The summed E-state index contributed by atoms with van der Waals surface area (Å²) in [5.41, 5.74) is 0.801. The van der Waals surface area contributed by atoms with Gasteiger partial charge in [-0.15, -0.1) is 10.2 Å². The molecule has 0 bridgehead atoms. The van der Waals surface area contributed by atoms with Gasteiger partial charge in [0, 0.05) is 19.1 Å². The number of benzene rings is 1. The van der Waals surface area contributed by atoms with Crippen LogP contribution in [0.2, 0.25) is 0 Å². The molecular formula is C17H18N6O2. The van der Waals surface area contributed by atoms with Crippen LogP contribution in [-0.2, 0) is 4.79 Å². The molecule has 1 aromatic carbocycles. The zero-order valence-electron chi connectivity index (χ0n) is 13.7. The molecule has 1 saturated heterocycles. The number of fused-ring (bicyclic) bond motifs is 1. The van der Waals surface area contributed by atoms with Crippen LogP contribution in [0, 0.1) is 0 Å². The highest BCUT2D eigenvalue weighted by Crippen LogP contribution is 2.23. The minimum absolute atomic E-state index is 0.0156. The second-order valence-electron chi connectivity index (χ2n) is 6.01. The number of amides is 1. The molecule has 1 amide bonds. The van der Waals surface area contributed by atoms with E-state index in [2.05, 4.69) is 20.2 Å². The molecule has 1 fully saturated rings. The smallest absolute Gasteiger partial charge is 0.260 e. The van der Waals surface area contributed by atoms with Crippen LogP contribution in [-0.4, -0.2) is 55.2 Å². The number of para-hydroxylation sites is 1. The molecule has 0 unspecified atom stereocenters. The zero-order chi connectivity index (χ0) is 17.1. The van der Waals surface area contributed by atoms with Gasteiger partial charge in [0.1, 0.15) is 19.0 Å². The Hall–Kier alpha value is -3.03. The Kier molecular flexibility index (Phi) is 4.24. The van der Waals surface area contributed by atoms with E-state index < -0.39 is 0 Å². The first-order valence-corrected chi connectivity index (χ1v) is 8.25. The van der Waals surface area contributed by atoms with Crippen molar-refractivity contribution >= 4 is 16.8 Å². The summed E-state index contributed by atoms with van der Waals surface area (Å²) in [6, 6.07) is 7.94. The number of rotatable bonds is 4. The van der Waals surface area contributed by atoms with Crippen LogP contribution in [0.3, 0.4) is 0 Å². The quantitative estimate of drug-likeness (QED) is 0.716. The van der Waals surface area contributed by atoms with Crippen LogP contribution in [0.4, 0.5) is 0 Å². The maximum Gasteiger partial charge on any atom is 0.260 e. The monoisotopic (exact) mass is 338 g/mol. The number of carbonyl (C=O) groups excluding carboxylic acids is 1. The number of carbonyl (C=O) groups is 1. The van der Waals surface area contributed by atoms with Gasteiger partial charge < -0.3 is 14.2 Å². The van der Waals surface area contributed by atoms with Gasteiger partial charge in [-0.05, 0) is 25.0 Å². The number of ether oxygens (including phenoxy) is 1. The molecule has 128 valence electrons. The fourth-order valence-electron chi connectivity index (χ4n) is 3.13. The Morgan fingerprint density at radius 2 is 1.88 bits per heavy atom. The van der Waals surface area contributed by atoms with E-state index in [1.807, 2.05) is 33.7 Å². The average Bonchev–Trinajstić information content (AvgIpc) is 3.21. The first kappa shape index (κ1) is 15.5. The molecule has 0 atom stereocenters. The van der Waals surface area contributed by atoms with E-state index in [1.165, 1.54) is 6.33 Å². The third-order valence-corrected chi connectivity index (χ3v) is 4.51. The van der Waals surface area contributed by atoms with Gasteiger partial charge in [-0.3, -0.25) is 4.79 Å². The van der Waals surface area contributed by atoms with Crippen molar-refractivity contribution in [1.29, 1.82) is 0 Å². The summed E-state index contributed by atoms with van der Waals surface area (Å²) in [5, 5.41) is 8.49. The van der Waals surface area contributed by atoms with Crippen LogP contribution in [0.1, 0.15) is 18.9 Å². The molecule has 1 aliphatic heterocycles. The Balaban J connectivity index is 1.35. The molecule has 1 aliphatic rings. The number of aromatic nitrogens is 5. The van der Waals surface area contributed by atoms with E-state index in [9.17, 15) is 4.79 Å². The molecule has 4 rings (SSSR count). The topological polar surface area (TPSA) is 86.0 Å². The van der Waals surface area contributed by atoms with Crippen LogP contribution in [0.5, 0.6) is 5.88 Å². The summed E-state index contributed by atoms with van der Waals surface area (Å²) < 4.78 is 7.67. The molecule has 2 aromatic heterocycles. The molecule has 8 nitrogen and oxygen atoms in total. The minimum Gasteiger partial charge on any atom is -0.467 e. The van der Waals surface area contributed by atoms with Gasteiger partial charge >= 0.3 is 0 Å². The Bertz CT molecular complexity index is 853. The summed E-state index contributed by atoms with van der Waals surface area (Å²) in [4.78, 5) is 22.6. The molecule has 3 aromatic rings. The highest BCUT2D eigenvalue weighted by atomic mass is 16.5. The summed E-state index contributed by atoms with van der Waals surface area (Å²) in [6.45, 7) is 1.39. The molecule has 25 heavy (non-hydrogen) atoms. The van der Waals surface area contributed by atoms with Crippen molar-refractivity contribution in [1.82, 2.24) is 29.6 Å². The lowest BCUT2D eigenvalue weighted by atomic mass is 10.1. The maximum atomic E-state index is 12.4. The summed E-state index contributed by atoms with van der Waals surface area (Å²) in [6.07, 6.45) is 6.68. The molecule has 0 aliphatic carbocycles. The molecule has 3 heterocycles. The molecule has 0 saturated carbocycles. The lowest BCUT2D eigenvalue weighted by Gasteiger charge is -2.32. The van der Waals surface area contributed by atoms with Crippen LogP contribution < -0.4 is 4.74 Å². The van der Waals surface area contributed by atoms with Crippen molar-refractivity contribution < 1.29 is 9.53 Å². The van der Waals surface area contributed by atoms with Crippen molar-refractivity contribution in [2.75, 3.05) is 19.7 Å². The summed E-state index contributed by atoms with van der Waals surface area (Å²) in [7, 11) is 0. The van der Waals surface area contributed by atoms with Crippen molar-refractivity contribution in [3.63, 3.8) is 0 Å². The van der Waals surface area contributed by atoms with Crippen molar-refractivity contribution in [3.8, 4) is 5.88 Å². The average molecular weight is 338 g/mol. The highest BCUT2D eigenvalue weighted by molar-refractivity contribution is 5.84. The Labute approximate surface area is 144 Å². The third kappa shape index (κ3) is 3.28. The van der Waals surface area contributed by atoms with Gasteiger partial charge in [0.2, 0.25) is 5.88 Å². The Morgan fingerprint density at radius 1 is 1.12 bits per heavy atom. The van der Waals surface area contributed by atoms with Gasteiger partial charge in [-0.25, -0.2) is 9.97 Å². The van der Waals surface area contributed by atoms with Crippen LogP contribution in [0.15, 0.2) is 43.2 Å². The maximum absolute atomic E-state index is 12.4. The number of piperidine rings is 1. The van der Waals surface area contributed by atoms with Crippen molar-refractivity contribution in [3.05, 3.63) is 43.2 Å². The fraction of sp³-hybridized carbons (Fsp3) is 0.353. The molecule has 8 heteroatoms. The zero-order valence-corrected chi connectivity index (χ0v) is 13.7. The molecule has 0 N–H and O–H groups in total. The molecule has 0 spiro atoms. The normalized spacial score (nSPS) is 15.4. The SMILES string of the molecule is O=C(COc1ncnc2ccccc12)N1CCC(n2cnnc2)CC1. The van der Waals surface area contributed by atoms with Gasteiger partial charge in [0.15, 0.2) is 6.61 Å².